The van der Waals surface area contributed by atoms with Crippen LogP contribution in [0.2, 0.25) is 10.0 Å². The van der Waals surface area contributed by atoms with Crippen LogP contribution in [0.25, 0.3) is 0 Å². The molecule has 0 aliphatic carbocycles. The third-order valence-corrected chi connectivity index (χ3v) is 4.17. The van der Waals surface area contributed by atoms with E-state index in [4.69, 9.17) is 23.2 Å². The van der Waals surface area contributed by atoms with Crippen molar-refractivity contribution in [2.24, 2.45) is 0 Å². The van der Waals surface area contributed by atoms with Crippen molar-refractivity contribution >= 4 is 34.9 Å². The maximum atomic E-state index is 12.1. The fraction of sp³-hybridized carbons (Fsp3) is 0.214. The van der Waals surface area contributed by atoms with Crippen molar-refractivity contribution in [2.75, 3.05) is 5.32 Å². The Morgan fingerprint density at radius 3 is 2.76 bits per heavy atom. The third-order valence-electron chi connectivity index (χ3n) is 3.43. The van der Waals surface area contributed by atoms with Crippen LogP contribution < -0.4 is 5.32 Å². The molecule has 1 N–H and O–H groups in total. The quantitative estimate of drug-likeness (QED) is 0.919. The molecule has 2 heterocycles. The minimum absolute atomic E-state index is 0.0303. The molecule has 1 aromatic heterocycles. The molecular weight excluding hydrogens is 311 g/mol. The van der Waals surface area contributed by atoms with E-state index in [1.54, 1.807) is 16.8 Å². The number of hydrogen-bond acceptors (Lipinski definition) is 4. The number of nitrogens with one attached hydrogen (secondary N) is 1. The number of rotatable bonds is 2. The number of benzene rings is 1. The van der Waals surface area contributed by atoms with E-state index in [-0.39, 0.29) is 11.8 Å². The first kappa shape index (κ1) is 14.1. The molecule has 0 amide bonds. The minimum Gasteiger partial charge on any atom is -0.328 e. The van der Waals surface area contributed by atoms with Crippen LogP contribution in [0, 0.1) is 0 Å². The highest BCUT2D eigenvalue weighted by Crippen LogP contribution is 2.36. The summed E-state index contributed by atoms with van der Waals surface area (Å²) in [5.74, 6) is 0.561. The lowest BCUT2D eigenvalue weighted by Gasteiger charge is -2.28. The number of aromatic nitrogens is 3. The van der Waals surface area contributed by atoms with E-state index in [2.05, 4.69) is 15.4 Å². The van der Waals surface area contributed by atoms with Crippen molar-refractivity contribution in [3.8, 4) is 0 Å². The molecule has 5 nitrogen and oxygen atoms in total. The van der Waals surface area contributed by atoms with Gasteiger partial charge >= 0.3 is 0 Å². The SMILES string of the molecule is CC(=O)C1=C(C)Nc2ncnn2[C@H]1c1ccc(Cl)c(Cl)c1. The van der Waals surface area contributed by atoms with Gasteiger partial charge in [0.2, 0.25) is 5.95 Å². The van der Waals surface area contributed by atoms with Gasteiger partial charge in [0.05, 0.1) is 10.0 Å². The zero-order chi connectivity index (χ0) is 15.1. The smallest absolute Gasteiger partial charge is 0.226 e. The number of carbonyl (C=O) groups excluding carboxylic acids is 1. The molecule has 1 aromatic carbocycles. The van der Waals surface area contributed by atoms with Gasteiger partial charge < -0.3 is 5.32 Å². The first-order valence-corrected chi connectivity index (χ1v) is 7.08. The van der Waals surface area contributed by atoms with Crippen molar-refractivity contribution in [3.05, 3.63) is 51.4 Å². The van der Waals surface area contributed by atoms with Crippen molar-refractivity contribution in [1.82, 2.24) is 14.8 Å². The Morgan fingerprint density at radius 1 is 1.33 bits per heavy atom. The summed E-state index contributed by atoms with van der Waals surface area (Å²) >= 11 is 12.1. The Labute approximate surface area is 131 Å². The minimum atomic E-state index is -0.365. The third kappa shape index (κ3) is 2.32. The molecule has 2 aromatic rings. The van der Waals surface area contributed by atoms with Gasteiger partial charge in [-0.15, -0.1) is 0 Å². The van der Waals surface area contributed by atoms with Gasteiger partial charge in [0.1, 0.15) is 12.4 Å². The monoisotopic (exact) mass is 322 g/mol. The van der Waals surface area contributed by atoms with Crippen LogP contribution in [-0.2, 0) is 4.79 Å². The maximum absolute atomic E-state index is 12.1. The lowest BCUT2D eigenvalue weighted by Crippen LogP contribution is -2.27. The molecule has 0 spiro atoms. The second kappa shape index (κ2) is 5.16. The molecule has 0 saturated heterocycles. The predicted octanol–water partition coefficient (Wildman–Crippen LogP) is 3.46. The van der Waals surface area contributed by atoms with Gasteiger partial charge in [-0.25, -0.2) is 4.68 Å². The molecule has 0 unspecified atom stereocenters. The number of fused-ring (bicyclic) bond motifs is 1. The molecule has 21 heavy (non-hydrogen) atoms. The van der Waals surface area contributed by atoms with Crippen molar-refractivity contribution in [2.45, 2.75) is 19.9 Å². The van der Waals surface area contributed by atoms with E-state index in [1.807, 2.05) is 13.0 Å². The highest BCUT2D eigenvalue weighted by Gasteiger charge is 2.31. The van der Waals surface area contributed by atoms with Gasteiger partial charge in [-0.2, -0.15) is 10.1 Å². The largest absolute Gasteiger partial charge is 0.328 e. The number of carbonyl (C=O) groups is 1. The van der Waals surface area contributed by atoms with Gasteiger partial charge in [-0.3, -0.25) is 4.79 Å². The van der Waals surface area contributed by atoms with E-state index in [0.717, 1.165) is 11.3 Å². The van der Waals surface area contributed by atoms with Crippen molar-refractivity contribution < 1.29 is 4.79 Å². The van der Waals surface area contributed by atoms with E-state index in [1.165, 1.54) is 13.3 Å². The summed E-state index contributed by atoms with van der Waals surface area (Å²) in [7, 11) is 0. The molecule has 1 aliphatic heterocycles. The van der Waals surface area contributed by atoms with E-state index < -0.39 is 0 Å². The lowest BCUT2D eigenvalue weighted by molar-refractivity contribution is -0.114. The Bertz CT molecular complexity index is 766. The molecular formula is C14H12Cl2N4O. The Hall–Kier alpha value is -1.85. The molecule has 108 valence electrons. The van der Waals surface area contributed by atoms with Gasteiger partial charge in [0.15, 0.2) is 5.78 Å². The number of halogens is 2. The Kier molecular flexibility index (Phi) is 3.47. The van der Waals surface area contributed by atoms with Crippen LogP contribution in [0.15, 0.2) is 35.8 Å². The zero-order valence-electron chi connectivity index (χ0n) is 11.4. The highest BCUT2D eigenvalue weighted by molar-refractivity contribution is 6.42. The first-order chi connectivity index (χ1) is 9.99. The fourth-order valence-electron chi connectivity index (χ4n) is 2.54. The highest BCUT2D eigenvalue weighted by atomic mass is 35.5. The Morgan fingerprint density at radius 2 is 2.10 bits per heavy atom. The molecule has 3 rings (SSSR count). The van der Waals surface area contributed by atoms with Crippen LogP contribution in [-0.4, -0.2) is 20.5 Å². The molecule has 1 atom stereocenters. The number of anilines is 1. The molecule has 7 heteroatoms. The van der Waals surface area contributed by atoms with Crippen molar-refractivity contribution in [3.63, 3.8) is 0 Å². The summed E-state index contributed by atoms with van der Waals surface area (Å²) in [5, 5.41) is 8.21. The lowest BCUT2D eigenvalue weighted by atomic mass is 9.93. The number of Topliss-reactive ketones (excluding diaryl/α,β-unsaturated/α-hetero) is 1. The normalized spacial score (nSPS) is 17.4. The predicted molar refractivity (Wildman–Crippen MR) is 81.6 cm³/mol. The molecule has 1 aliphatic rings. The Balaban J connectivity index is 2.21. The summed E-state index contributed by atoms with van der Waals surface area (Å²) in [4.78, 5) is 16.2. The summed E-state index contributed by atoms with van der Waals surface area (Å²) < 4.78 is 1.67. The zero-order valence-corrected chi connectivity index (χ0v) is 12.9. The van der Waals surface area contributed by atoms with Gasteiger partial charge in [0.25, 0.3) is 0 Å². The topological polar surface area (TPSA) is 59.8 Å². The first-order valence-electron chi connectivity index (χ1n) is 6.32. The summed E-state index contributed by atoms with van der Waals surface area (Å²) in [5.41, 5.74) is 2.23. The fourth-order valence-corrected chi connectivity index (χ4v) is 2.84. The second-order valence-electron chi connectivity index (χ2n) is 4.82. The molecule has 0 radical (unpaired) electrons. The van der Waals surface area contributed by atoms with E-state index >= 15 is 0 Å². The standard InChI is InChI=1S/C14H12Cl2N4O/c1-7-12(8(2)21)13(20-14(19-7)17-6-18-20)9-3-4-10(15)11(16)5-9/h3-6,13H,1-2H3,(H,17,18,19)/t13-/m0/s1. The summed E-state index contributed by atoms with van der Waals surface area (Å²) in [6, 6.07) is 4.94. The van der Waals surface area contributed by atoms with E-state index in [9.17, 15) is 4.79 Å². The molecule has 0 fully saturated rings. The number of hydrogen-bond donors (Lipinski definition) is 1. The van der Waals surface area contributed by atoms with Gasteiger partial charge in [-0.05, 0) is 31.5 Å². The molecule has 0 bridgehead atoms. The number of nitrogens with zero attached hydrogens (tertiary/aromatic N) is 3. The van der Waals surface area contributed by atoms with Crippen LogP contribution in [0.3, 0.4) is 0 Å². The van der Waals surface area contributed by atoms with Gasteiger partial charge in [0, 0.05) is 11.3 Å². The van der Waals surface area contributed by atoms with Crippen LogP contribution in [0.1, 0.15) is 25.5 Å². The molecule has 0 saturated carbocycles. The van der Waals surface area contributed by atoms with Gasteiger partial charge in [-0.1, -0.05) is 29.3 Å². The average Bonchev–Trinajstić information content (AvgIpc) is 2.87. The average molecular weight is 323 g/mol. The van der Waals surface area contributed by atoms with Crippen LogP contribution in [0.4, 0.5) is 5.95 Å². The maximum Gasteiger partial charge on any atom is 0.226 e. The number of allylic oxidation sites excluding steroid dienone is 2. The second-order valence-corrected chi connectivity index (χ2v) is 5.64. The summed E-state index contributed by atoms with van der Waals surface area (Å²) in [6.07, 6.45) is 1.45. The van der Waals surface area contributed by atoms with Crippen LogP contribution >= 0.6 is 23.2 Å². The summed E-state index contributed by atoms with van der Waals surface area (Å²) in [6.45, 7) is 3.38. The van der Waals surface area contributed by atoms with E-state index in [0.29, 0.717) is 21.6 Å². The van der Waals surface area contributed by atoms with Crippen LogP contribution in [0.5, 0.6) is 0 Å². The van der Waals surface area contributed by atoms with Crippen molar-refractivity contribution in [1.29, 1.82) is 0 Å². The number of ketones is 1.